The van der Waals surface area contributed by atoms with E-state index in [1.165, 1.54) is 52.0 Å². The van der Waals surface area contributed by atoms with Gasteiger partial charge in [-0.25, -0.2) is 16.8 Å². The molecular weight excluding hydrogens is 579 g/mol. The summed E-state index contributed by atoms with van der Waals surface area (Å²) in [5.41, 5.74) is -0.0901. The Kier molecular flexibility index (Phi) is 11.2. The maximum Gasteiger partial charge on any atom is 1.00 e. The molecule has 12 nitrogen and oxygen atoms in total. The normalized spacial score (nSPS) is 12.9. The van der Waals surface area contributed by atoms with Crippen molar-refractivity contribution in [3.63, 3.8) is 0 Å². The molecule has 0 spiro atoms. The summed E-state index contributed by atoms with van der Waals surface area (Å²) in [5.74, 6) is 0. The zero-order valence-corrected chi connectivity index (χ0v) is 26.1. The summed E-state index contributed by atoms with van der Waals surface area (Å²) in [5, 5.41) is -1.61. The van der Waals surface area contributed by atoms with E-state index in [0.717, 1.165) is 12.1 Å². The number of benzene rings is 2. The summed E-state index contributed by atoms with van der Waals surface area (Å²) >= 11 is 0. The fourth-order valence-corrected chi connectivity index (χ4v) is 5.90. The summed E-state index contributed by atoms with van der Waals surface area (Å²) in [6, 6.07) is 6.99. The van der Waals surface area contributed by atoms with E-state index in [-0.39, 0.29) is 66.3 Å². The Balaban J connectivity index is 0.00000684. The fraction of sp³-hybridized carbons (Fsp3) is 0.400. The quantitative estimate of drug-likeness (QED) is 0.188. The molecule has 204 valence electrons. The van der Waals surface area contributed by atoms with Crippen LogP contribution in [0.4, 0.5) is 11.4 Å². The molecule has 0 aliphatic heterocycles. The van der Waals surface area contributed by atoms with E-state index in [1.54, 1.807) is 0 Å². The van der Waals surface area contributed by atoms with Crippen LogP contribution in [0.5, 0.6) is 0 Å². The third kappa shape index (κ3) is 9.18. The molecule has 17 heteroatoms. The minimum atomic E-state index is -4.79. The van der Waals surface area contributed by atoms with Gasteiger partial charge < -0.3 is 1.43 Å². The number of aryl methyl sites for hydroxylation is 2. The van der Waals surface area contributed by atoms with Gasteiger partial charge >= 0.3 is 29.6 Å². The zero-order valence-electron chi connectivity index (χ0n) is 21.8. The van der Waals surface area contributed by atoms with Crippen LogP contribution in [0.25, 0.3) is 0 Å². The van der Waals surface area contributed by atoms with Crippen LogP contribution in [-0.4, -0.2) is 53.3 Å². The van der Waals surface area contributed by atoms with Crippen molar-refractivity contribution in [1.82, 2.24) is 0 Å². The van der Waals surface area contributed by atoms with Crippen molar-refractivity contribution in [3.05, 3.63) is 47.5 Å². The summed E-state index contributed by atoms with van der Waals surface area (Å²) < 4.78 is 120. The first-order valence-corrected chi connectivity index (χ1v) is 16.5. The molecule has 4 N–H and O–H groups in total. The van der Waals surface area contributed by atoms with Gasteiger partial charge in [0.05, 0.1) is 20.3 Å². The molecule has 0 aliphatic rings. The fourth-order valence-electron chi connectivity index (χ4n) is 2.96. The molecule has 0 unspecified atom stereocenters. The SMILES string of the molecule is CC(C)S(=O)(=O)Nc1ccc(CCc2ccc(NS(=O)(=O)C(C)C)cc2S(=O)(=O)O)c(S(=O)(=O)O)c1.[H-].[Na+]. The predicted molar refractivity (Wildman–Crippen MR) is 136 cm³/mol. The van der Waals surface area contributed by atoms with Gasteiger partial charge in [-0.15, -0.1) is 0 Å². The number of hydrogen-bond acceptors (Lipinski definition) is 8. The Morgan fingerprint density at radius 1 is 0.649 bits per heavy atom. The average molecular weight is 609 g/mol. The van der Waals surface area contributed by atoms with Crippen LogP contribution in [-0.2, 0) is 53.1 Å². The number of sulfonamides is 2. The standard InChI is InChI=1S/C20H28N2O10S4.Na.H/c1-13(2)33(23,24)21-17-9-7-15(19(11-17)35(27,28)29)5-6-16-8-10-18(12-20(16)36(30,31)32)22-34(25,26)14(3)4;;/h7-14,21-22H,5-6H2,1-4H3,(H,27,28,29)(H,30,31,32);;/q;+1;-1. The predicted octanol–water partition coefficient (Wildman–Crippen LogP) is -0.618. The van der Waals surface area contributed by atoms with Gasteiger partial charge in [-0.3, -0.25) is 18.5 Å². The number of anilines is 2. The van der Waals surface area contributed by atoms with Gasteiger partial charge in [-0.1, -0.05) is 12.1 Å². The molecule has 0 aromatic heterocycles. The van der Waals surface area contributed by atoms with Crippen molar-refractivity contribution >= 4 is 51.7 Å². The van der Waals surface area contributed by atoms with E-state index in [9.17, 15) is 42.8 Å². The Bertz CT molecular complexity index is 1460. The molecule has 0 saturated carbocycles. The Labute approximate surface area is 241 Å². The summed E-state index contributed by atoms with van der Waals surface area (Å²) in [7, 11) is -17.2. The van der Waals surface area contributed by atoms with Crippen molar-refractivity contribution in [1.29, 1.82) is 0 Å². The summed E-state index contributed by atoms with van der Waals surface area (Å²) in [6.45, 7) is 5.69. The maximum atomic E-state index is 12.1. The second-order valence-corrected chi connectivity index (χ2v) is 15.7. The molecule has 2 aromatic rings. The van der Waals surface area contributed by atoms with E-state index in [0.29, 0.717) is 0 Å². The number of rotatable bonds is 11. The van der Waals surface area contributed by atoms with Gasteiger partial charge in [0, 0.05) is 11.4 Å². The average Bonchev–Trinajstić information content (AvgIpc) is 2.71. The van der Waals surface area contributed by atoms with E-state index in [4.69, 9.17) is 0 Å². The molecular formula is C20H29N2NaO10S4. The molecule has 0 aliphatic carbocycles. The first-order chi connectivity index (χ1) is 16.2. The monoisotopic (exact) mass is 608 g/mol. The molecule has 0 saturated heterocycles. The van der Waals surface area contributed by atoms with Crippen molar-refractivity contribution in [2.45, 2.75) is 60.8 Å². The van der Waals surface area contributed by atoms with Gasteiger partial charge in [0.1, 0.15) is 0 Å². The molecule has 0 fully saturated rings. The van der Waals surface area contributed by atoms with Crippen LogP contribution in [0.1, 0.15) is 40.2 Å². The van der Waals surface area contributed by atoms with Crippen molar-refractivity contribution in [3.8, 4) is 0 Å². The van der Waals surface area contributed by atoms with E-state index in [2.05, 4.69) is 9.44 Å². The van der Waals surface area contributed by atoms with Crippen molar-refractivity contribution in [2.75, 3.05) is 9.44 Å². The third-order valence-corrected chi connectivity index (χ3v) is 10.5. The molecule has 0 heterocycles. The molecule has 0 radical (unpaired) electrons. The van der Waals surface area contributed by atoms with Crippen LogP contribution < -0.4 is 39.0 Å². The maximum absolute atomic E-state index is 12.1. The molecule has 2 aromatic carbocycles. The first kappa shape index (κ1) is 33.8. The Hall–Kier alpha value is -1.24. The van der Waals surface area contributed by atoms with Crippen LogP contribution >= 0.6 is 0 Å². The Morgan fingerprint density at radius 3 is 1.19 bits per heavy atom. The molecule has 2 rings (SSSR count). The third-order valence-electron chi connectivity index (χ3n) is 5.12. The van der Waals surface area contributed by atoms with E-state index >= 15 is 0 Å². The minimum Gasteiger partial charge on any atom is -1.00 e. The number of hydrogen-bond donors (Lipinski definition) is 4. The van der Waals surface area contributed by atoms with Crippen LogP contribution in [0.2, 0.25) is 0 Å². The molecule has 0 amide bonds. The summed E-state index contributed by atoms with van der Waals surface area (Å²) in [4.78, 5) is -1.16. The van der Waals surface area contributed by atoms with Crippen molar-refractivity contribution < 1.29 is 73.8 Å². The smallest absolute Gasteiger partial charge is 1.00 e. The van der Waals surface area contributed by atoms with Gasteiger partial charge in [0.2, 0.25) is 20.0 Å². The number of nitrogens with one attached hydrogen (secondary N) is 2. The molecule has 0 atom stereocenters. The van der Waals surface area contributed by atoms with Crippen LogP contribution in [0, 0.1) is 0 Å². The molecule has 37 heavy (non-hydrogen) atoms. The summed E-state index contributed by atoms with van der Waals surface area (Å²) in [6.07, 6.45) is -0.266. The van der Waals surface area contributed by atoms with Crippen molar-refractivity contribution in [2.24, 2.45) is 0 Å². The van der Waals surface area contributed by atoms with Crippen LogP contribution in [0.3, 0.4) is 0 Å². The van der Waals surface area contributed by atoms with E-state index < -0.39 is 60.6 Å². The topological polar surface area (TPSA) is 201 Å². The molecule has 0 bridgehead atoms. The largest absolute Gasteiger partial charge is 1.00 e. The Morgan fingerprint density at radius 2 is 0.946 bits per heavy atom. The first-order valence-electron chi connectivity index (χ1n) is 10.5. The van der Waals surface area contributed by atoms with Gasteiger partial charge in [0.25, 0.3) is 20.2 Å². The second-order valence-electron chi connectivity index (χ2n) is 8.49. The minimum absolute atomic E-state index is 0. The van der Waals surface area contributed by atoms with Gasteiger partial charge in [0.15, 0.2) is 0 Å². The second kappa shape index (κ2) is 12.3. The van der Waals surface area contributed by atoms with Gasteiger partial charge in [-0.2, -0.15) is 16.8 Å². The van der Waals surface area contributed by atoms with Gasteiger partial charge in [-0.05, 0) is 75.9 Å². The zero-order chi connectivity index (χ0) is 27.7. The van der Waals surface area contributed by atoms with E-state index in [1.807, 2.05) is 0 Å². The van der Waals surface area contributed by atoms with Crippen LogP contribution in [0.15, 0.2) is 46.2 Å².